The van der Waals surface area contributed by atoms with Gasteiger partial charge in [-0.25, -0.2) is 4.39 Å². The second-order valence-corrected chi connectivity index (χ2v) is 7.54. The van der Waals surface area contributed by atoms with Crippen LogP contribution in [0.1, 0.15) is 23.0 Å². The van der Waals surface area contributed by atoms with Crippen LogP contribution in [0.2, 0.25) is 0 Å². The van der Waals surface area contributed by atoms with Gasteiger partial charge in [0.15, 0.2) is 0 Å². The molecule has 3 aromatic rings. The van der Waals surface area contributed by atoms with Crippen molar-refractivity contribution in [2.75, 3.05) is 32.7 Å². The van der Waals surface area contributed by atoms with Crippen LogP contribution in [0.4, 0.5) is 4.39 Å². The molecule has 3 heterocycles. The minimum absolute atomic E-state index is 0.0891. The van der Waals surface area contributed by atoms with E-state index in [4.69, 9.17) is 0 Å². The van der Waals surface area contributed by atoms with Crippen LogP contribution >= 0.6 is 11.3 Å². The Bertz CT molecular complexity index is 907. The Morgan fingerprint density at radius 2 is 1.85 bits per heavy atom. The standard InChI is InChI=1S/C20H22FN3OS/c1-2-22-8-10-23(11-9-22)19(25)18-13-16-7-12-26-20(16)24(18)14-15-3-5-17(21)6-4-15/h3-7,12-13H,2,8-11,14H2,1H3. The van der Waals surface area contributed by atoms with E-state index in [1.54, 1.807) is 23.5 Å². The molecule has 4 rings (SSSR count). The van der Waals surface area contributed by atoms with Gasteiger partial charge in [0.05, 0.1) is 0 Å². The van der Waals surface area contributed by atoms with Crippen molar-refractivity contribution in [3.63, 3.8) is 0 Å². The fourth-order valence-corrected chi connectivity index (χ4v) is 4.41. The second-order valence-electron chi connectivity index (χ2n) is 6.65. The fourth-order valence-electron chi connectivity index (χ4n) is 3.51. The Morgan fingerprint density at radius 1 is 1.12 bits per heavy atom. The molecule has 0 unspecified atom stereocenters. The number of carbonyl (C=O) groups excluding carboxylic acids is 1. The van der Waals surface area contributed by atoms with E-state index in [9.17, 15) is 9.18 Å². The number of amides is 1. The van der Waals surface area contributed by atoms with E-state index in [0.29, 0.717) is 6.54 Å². The number of fused-ring (bicyclic) bond motifs is 1. The summed E-state index contributed by atoms with van der Waals surface area (Å²) >= 11 is 1.64. The fraction of sp³-hybridized carbons (Fsp3) is 0.350. The number of likely N-dealkylation sites (N-methyl/N-ethyl adjacent to an activating group) is 1. The number of piperazine rings is 1. The first-order valence-electron chi connectivity index (χ1n) is 8.98. The molecule has 4 nitrogen and oxygen atoms in total. The van der Waals surface area contributed by atoms with Crippen LogP contribution in [0.5, 0.6) is 0 Å². The van der Waals surface area contributed by atoms with Crippen molar-refractivity contribution in [1.82, 2.24) is 14.4 Å². The molecule has 1 fully saturated rings. The summed E-state index contributed by atoms with van der Waals surface area (Å²) < 4.78 is 15.3. The summed E-state index contributed by atoms with van der Waals surface area (Å²) in [5.74, 6) is -0.154. The molecule has 6 heteroatoms. The van der Waals surface area contributed by atoms with Crippen LogP contribution < -0.4 is 0 Å². The van der Waals surface area contributed by atoms with Crippen LogP contribution in [0.15, 0.2) is 41.8 Å². The molecular weight excluding hydrogens is 349 g/mol. The lowest BCUT2D eigenvalue weighted by Gasteiger charge is -2.34. The number of carbonyl (C=O) groups is 1. The number of thiophene rings is 1. The van der Waals surface area contributed by atoms with Crippen LogP contribution in [-0.4, -0.2) is 53.0 Å². The molecule has 0 saturated carbocycles. The van der Waals surface area contributed by atoms with E-state index in [1.165, 1.54) is 12.1 Å². The summed E-state index contributed by atoms with van der Waals surface area (Å²) in [5, 5.41) is 3.13. The largest absolute Gasteiger partial charge is 0.335 e. The highest BCUT2D eigenvalue weighted by Crippen LogP contribution is 2.27. The lowest BCUT2D eigenvalue weighted by atomic mass is 10.2. The number of halogens is 1. The van der Waals surface area contributed by atoms with Gasteiger partial charge >= 0.3 is 0 Å². The summed E-state index contributed by atoms with van der Waals surface area (Å²) in [6, 6.07) is 10.5. The Morgan fingerprint density at radius 3 is 2.54 bits per heavy atom. The van der Waals surface area contributed by atoms with Gasteiger partial charge in [-0.2, -0.15) is 0 Å². The lowest BCUT2D eigenvalue weighted by Crippen LogP contribution is -2.48. The van der Waals surface area contributed by atoms with Crippen LogP contribution in [-0.2, 0) is 6.54 Å². The van der Waals surface area contributed by atoms with Crippen molar-refractivity contribution >= 4 is 27.5 Å². The summed E-state index contributed by atoms with van der Waals surface area (Å²) in [5.41, 5.74) is 1.71. The number of hydrogen-bond donors (Lipinski definition) is 0. The molecule has 2 aromatic heterocycles. The minimum atomic E-state index is -0.243. The molecule has 1 saturated heterocycles. The zero-order chi connectivity index (χ0) is 18.1. The maximum Gasteiger partial charge on any atom is 0.270 e. The molecule has 0 atom stereocenters. The molecule has 0 aliphatic carbocycles. The molecule has 1 aliphatic rings. The second kappa shape index (κ2) is 7.21. The van der Waals surface area contributed by atoms with E-state index in [0.717, 1.165) is 54.2 Å². The molecule has 0 N–H and O–H groups in total. The van der Waals surface area contributed by atoms with E-state index in [1.807, 2.05) is 22.4 Å². The maximum atomic E-state index is 13.2. The SMILES string of the molecule is CCN1CCN(C(=O)c2cc3ccsc3n2Cc2ccc(F)cc2)CC1. The normalized spacial score (nSPS) is 15.7. The molecule has 0 bridgehead atoms. The molecule has 26 heavy (non-hydrogen) atoms. The first kappa shape index (κ1) is 17.2. The Hall–Kier alpha value is -2.18. The van der Waals surface area contributed by atoms with Gasteiger partial charge < -0.3 is 14.4 Å². The number of nitrogens with zero attached hydrogens (tertiary/aromatic N) is 3. The lowest BCUT2D eigenvalue weighted by molar-refractivity contribution is 0.0634. The predicted octanol–water partition coefficient (Wildman–Crippen LogP) is 3.67. The monoisotopic (exact) mass is 371 g/mol. The molecule has 1 aliphatic heterocycles. The average molecular weight is 371 g/mol. The highest BCUT2D eigenvalue weighted by Gasteiger charge is 2.25. The van der Waals surface area contributed by atoms with Crippen LogP contribution in [0.3, 0.4) is 0 Å². The van der Waals surface area contributed by atoms with E-state index >= 15 is 0 Å². The van der Waals surface area contributed by atoms with Crippen molar-refractivity contribution in [3.05, 3.63) is 58.9 Å². The molecule has 0 radical (unpaired) electrons. The van der Waals surface area contributed by atoms with Gasteiger partial charge in [0.2, 0.25) is 0 Å². The van der Waals surface area contributed by atoms with Gasteiger partial charge in [0.1, 0.15) is 16.3 Å². The summed E-state index contributed by atoms with van der Waals surface area (Å²) in [7, 11) is 0. The van der Waals surface area contributed by atoms with Crippen molar-refractivity contribution in [1.29, 1.82) is 0 Å². The topological polar surface area (TPSA) is 28.5 Å². The Kier molecular flexibility index (Phi) is 4.78. The van der Waals surface area contributed by atoms with Gasteiger partial charge in [-0.1, -0.05) is 19.1 Å². The molecular formula is C20H22FN3OS. The molecule has 1 aromatic carbocycles. The summed E-state index contributed by atoms with van der Waals surface area (Å²) in [6.45, 7) is 7.13. The highest BCUT2D eigenvalue weighted by atomic mass is 32.1. The molecule has 1 amide bonds. The molecule has 0 spiro atoms. The van der Waals surface area contributed by atoms with Gasteiger partial charge in [0.25, 0.3) is 5.91 Å². The maximum absolute atomic E-state index is 13.2. The third-order valence-electron chi connectivity index (χ3n) is 5.08. The smallest absolute Gasteiger partial charge is 0.270 e. The third-order valence-corrected chi connectivity index (χ3v) is 6.03. The van der Waals surface area contributed by atoms with Crippen LogP contribution in [0, 0.1) is 5.82 Å². The van der Waals surface area contributed by atoms with Gasteiger partial charge in [-0.3, -0.25) is 4.79 Å². The summed E-state index contributed by atoms with van der Waals surface area (Å²) in [6.07, 6.45) is 0. The predicted molar refractivity (Wildman–Crippen MR) is 103 cm³/mol. The summed E-state index contributed by atoms with van der Waals surface area (Å²) in [4.78, 5) is 18.6. The van der Waals surface area contributed by atoms with Gasteiger partial charge in [-0.05, 0) is 41.8 Å². The first-order chi connectivity index (χ1) is 12.7. The number of benzene rings is 1. The minimum Gasteiger partial charge on any atom is -0.335 e. The van der Waals surface area contributed by atoms with Gasteiger partial charge in [0, 0.05) is 38.1 Å². The average Bonchev–Trinajstić information content (AvgIpc) is 3.25. The van der Waals surface area contributed by atoms with Gasteiger partial charge in [-0.15, -0.1) is 11.3 Å². The zero-order valence-corrected chi connectivity index (χ0v) is 15.6. The molecule has 136 valence electrons. The number of aromatic nitrogens is 1. The van der Waals surface area contributed by atoms with Crippen molar-refractivity contribution in [3.8, 4) is 0 Å². The van der Waals surface area contributed by atoms with Crippen molar-refractivity contribution in [2.45, 2.75) is 13.5 Å². The van der Waals surface area contributed by atoms with E-state index in [2.05, 4.69) is 16.4 Å². The highest BCUT2D eigenvalue weighted by molar-refractivity contribution is 7.16. The zero-order valence-electron chi connectivity index (χ0n) is 14.8. The van der Waals surface area contributed by atoms with E-state index in [-0.39, 0.29) is 11.7 Å². The Balaban J connectivity index is 1.63. The van der Waals surface area contributed by atoms with Crippen LogP contribution in [0.25, 0.3) is 10.2 Å². The van der Waals surface area contributed by atoms with Crippen molar-refractivity contribution in [2.24, 2.45) is 0 Å². The number of hydrogen-bond acceptors (Lipinski definition) is 3. The van der Waals surface area contributed by atoms with E-state index < -0.39 is 0 Å². The number of rotatable bonds is 4. The quantitative estimate of drug-likeness (QED) is 0.700. The Labute approximate surface area is 156 Å². The van der Waals surface area contributed by atoms with Crippen molar-refractivity contribution < 1.29 is 9.18 Å². The third kappa shape index (κ3) is 3.27. The first-order valence-corrected chi connectivity index (χ1v) is 9.86.